The standard InChI is InChI=1S/C28H31N3O6S/c1-19(30-16-23(32)18-37-24-7-3-2-4-8-24)12-20-10-11-26-22(13-20)15-27(28(33)34)31(26)17-21-6-5-9-25(14-21)38(29,35)36/h2-11,13-15,19,23,30,32H,12,16-18H2,1H3,(H,33,34)(H2,29,35,36). The summed E-state index contributed by atoms with van der Waals surface area (Å²) in [4.78, 5) is 12.0. The minimum atomic E-state index is -3.87. The molecule has 0 fully saturated rings. The number of hydrogen-bond donors (Lipinski definition) is 4. The normalized spacial score (nSPS) is 13.3. The van der Waals surface area contributed by atoms with Crippen molar-refractivity contribution in [3.8, 4) is 5.75 Å². The van der Waals surface area contributed by atoms with E-state index in [0.717, 1.165) is 16.5 Å². The molecule has 4 rings (SSSR count). The summed E-state index contributed by atoms with van der Waals surface area (Å²) in [6, 6.07) is 22.9. The Balaban J connectivity index is 1.43. The molecule has 5 N–H and O–H groups in total. The molecule has 1 heterocycles. The number of carboxylic acids is 1. The number of nitrogens with zero attached hydrogens (tertiary/aromatic N) is 1. The molecule has 200 valence electrons. The van der Waals surface area contributed by atoms with Crippen molar-refractivity contribution in [1.29, 1.82) is 0 Å². The third-order valence-corrected chi connectivity index (χ3v) is 7.09. The van der Waals surface area contributed by atoms with Crippen molar-refractivity contribution >= 4 is 26.9 Å². The van der Waals surface area contributed by atoms with Crippen LogP contribution in [0.3, 0.4) is 0 Å². The fraction of sp³-hybridized carbons (Fsp3) is 0.250. The molecule has 4 aromatic rings. The van der Waals surface area contributed by atoms with Crippen LogP contribution in [0.1, 0.15) is 28.5 Å². The van der Waals surface area contributed by atoms with E-state index in [1.54, 1.807) is 22.8 Å². The first-order chi connectivity index (χ1) is 18.1. The Morgan fingerprint density at radius 1 is 1.03 bits per heavy atom. The van der Waals surface area contributed by atoms with Crippen molar-refractivity contribution in [2.45, 2.75) is 36.9 Å². The number of aliphatic hydroxyl groups excluding tert-OH is 1. The lowest BCUT2D eigenvalue weighted by Crippen LogP contribution is -2.37. The molecule has 2 unspecified atom stereocenters. The predicted molar refractivity (Wildman–Crippen MR) is 145 cm³/mol. The van der Waals surface area contributed by atoms with Crippen molar-refractivity contribution in [2.24, 2.45) is 5.14 Å². The minimum absolute atomic E-state index is 0.0242. The van der Waals surface area contributed by atoms with Gasteiger partial charge in [0.2, 0.25) is 10.0 Å². The number of aromatic carboxylic acids is 1. The zero-order valence-electron chi connectivity index (χ0n) is 20.9. The van der Waals surface area contributed by atoms with Gasteiger partial charge in [0.15, 0.2) is 0 Å². The summed E-state index contributed by atoms with van der Waals surface area (Å²) in [6.45, 7) is 2.74. The number of carbonyl (C=O) groups is 1. The summed E-state index contributed by atoms with van der Waals surface area (Å²) in [6.07, 6.45) is 0.00619. The second kappa shape index (κ2) is 11.8. The summed E-state index contributed by atoms with van der Waals surface area (Å²) in [5.41, 5.74) is 2.46. The second-order valence-electron chi connectivity index (χ2n) is 9.30. The van der Waals surface area contributed by atoms with Gasteiger partial charge in [-0.1, -0.05) is 36.4 Å². The molecule has 2 atom stereocenters. The first-order valence-corrected chi connectivity index (χ1v) is 13.7. The molecule has 0 aliphatic rings. The maximum Gasteiger partial charge on any atom is 0.352 e. The van der Waals surface area contributed by atoms with Crippen LogP contribution in [0, 0.1) is 0 Å². The lowest BCUT2D eigenvalue weighted by molar-refractivity contribution is 0.0686. The molecule has 0 aliphatic carbocycles. The van der Waals surface area contributed by atoms with Gasteiger partial charge in [-0.15, -0.1) is 0 Å². The van der Waals surface area contributed by atoms with Gasteiger partial charge in [0, 0.05) is 30.0 Å². The maximum absolute atomic E-state index is 12.0. The van der Waals surface area contributed by atoms with Crippen LogP contribution in [0.25, 0.3) is 10.9 Å². The molecule has 0 aliphatic heterocycles. The number of fused-ring (bicyclic) bond motifs is 1. The summed E-state index contributed by atoms with van der Waals surface area (Å²) >= 11 is 0. The first-order valence-electron chi connectivity index (χ1n) is 12.2. The quantitative estimate of drug-likeness (QED) is 0.217. The van der Waals surface area contributed by atoms with Crippen LogP contribution in [0.2, 0.25) is 0 Å². The summed E-state index contributed by atoms with van der Waals surface area (Å²) in [5.74, 6) is -0.371. The lowest BCUT2D eigenvalue weighted by Gasteiger charge is -2.18. The van der Waals surface area contributed by atoms with Crippen LogP contribution in [0.15, 0.2) is 83.8 Å². The molecular formula is C28H31N3O6S. The average Bonchev–Trinajstić information content (AvgIpc) is 3.24. The van der Waals surface area contributed by atoms with Gasteiger partial charge in [0.1, 0.15) is 24.2 Å². The third-order valence-electron chi connectivity index (χ3n) is 6.18. The summed E-state index contributed by atoms with van der Waals surface area (Å²) in [5, 5.41) is 29.4. The predicted octanol–water partition coefficient (Wildman–Crippen LogP) is 3.00. The zero-order valence-corrected chi connectivity index (χ0v) is 21.8. The Bertz CT molecular complexity index is 1520. The van der Waals surface area contributed by atoms with E-state index in [1.807, 2.05) is 55.5 Å². The van der Waals surface area contributed by atoms with Crippen LogP contribution in [0.5, 0.6) is 5.75 Å². The van der Waals surface area contributed by atoms with Crippen LogP contribution in [-0.2, 0) is 23.0 Å². The molecule has 0 saturated heterocycles. The highest BCUT2D eigenvalue weighted by Crippen LogP contribution is 2.24. The van der Waals surface area contributed by atoms with Crippen molar-refractivity contribution < 1.29 is 28.2 Å². The van der Waals surface area contributed by atoms with E-state index in [4.69, 9.17) is 9.88 Å². The molecule has 0 spiro atoms. The number of aliphatic hydroxyl groups is 1. The molecule has 0 amide bonds. The monoisotopic (exact) mass is 537 g/mol. The van der Waals surface area contributed by atoms with Gasteiger partial charge in [-0.2, -0.15) is 0 Å². The van der Waals surface area contributed by atoms with Gasteiger partial charge < -0.3 is 24.8 Å². The van der Waals surface area contributed by atoms with Gasteiger partial charge >= 0.3 is 5.97 Å². The lowest BCUT2D eigenvalue weighted by atomic mass is 10.0. The van der Waals surface area contributed by atoms with Gasteiger partial charge in [-0.25, -0.2) is 18.4 Å². The number of nitrogens with one attached hydrogen (secondary N) is 1. The average molecular weight is 538 g/mol. The number of nitrogens with two attached hydrogens (primary N) is 1. The van der Waals surface area contributed by atoms with E-state index in [9.17, 15) is 23.4 Å². The summed E-state index contributed by atoms with van der Waals surface area (Å²) in [7, 11) is -3.87. The molecule has 0 bridgehead atoms. The fourth-order valence-electron chi connectivity index (χ4n) is 4.33. The first kappa shape index (κ1) is 27.3. The van der Waals surface area contributed by atoms with E-state index < -0.39 is 22.1 Å². The van der Waals surface area contributed by atoms with E-state index in [1.165, 1.54) is 12.1 Å². The van der Waals surface area contributed by atoms with E-state index in [0.29, 0.717) is 24.3 Å². The number of rotatable bonds is 12. The maximum atomic E-state index is 12.0. The fourth-order valence-corrected chi connectivity index (χ4v) is 4.91. The molecule has 0 saturated carbocycles. The van der Waals surface area contributed by atoms with E-state index in [-0.39, 0.29) is 29.8 Å². The molecule has 38 heavy (non-hydrogen) atoms. The number of primary sulfonamides is 1. The Labute approximate surface area is 221 Å². The highest BCUT2D eigenvalue weighted by Gasteiger charge is 2.17. The van der Waals surface area contributed by atoms with Gasteiger partial charge in [0.25, 0.3) is 0 Å². The highest BCUT2D eigenvalue weighted by molar-refractivity contribution is 7.89. The number of benzene rings is 3. The zero-order chi connectivity index (χ0) is 27.3. The highest BCUT2D eigenvalue weighted by atomic mass is 32.2. The molecular weight excluding hydrogens is 506 g/mol. The van der Waals surface area contributed by atoms with Crippen LogP contribution < -0.4 is 15.2 Å². The smallest absolute Gasteiger partial charge is 0.352 e. The Morgan fingerprint density at radius 3 is 2.50 bits per heavy atom. The number of para-hydroxylation sites is 1. The second-order valence-corrected chi connectivity index (χ2v) is 10.9. The molecule has 0 radical (unpaired) electrons. The Morgan fingerprint density at radius 2 is 1.79 bits per heavy atom. The van der Waals surface area contributed by atoms with Crippen LogP contribution in [-0.4, -0.2) is 54.5 Å². The molecule has 9 nitrogen and oxygen atoms in total. The van der Waals surface area contributed by atoms with Crippen molar-refractivity contribution in [3.05, 3.63) is 95.7 Å². The Kier molecular flexibility index (Phi) is 8.48. The minimum Gasteiger partial charge on any atom is -0.491 e. The third kappa shape index (κ3) is 6.99. The summed E-state index contributed by atoms with van der Waals surface area (Å²) < 4.78 is 30.7. The Hall–Kier alpha value is -3.70. The van der Waals surface area contributed by atoms with Crippen molar-refractivity contribution in [3.63, 3.8) is 0 Å². The van der Waals surface area contributed by atoms with E-state index in [2.05, 4.69) is 5.32 Å². The van der Waals surface area contributed by atoms with Gasteiger partial charge in [-0.05, 0) is 66.9 Å². The van der Waals surface area contributed by atoms with Crippen molar-refractivity contribution in [2.75, 3.05) is 13.2 Å². The van der Waals surface area contributed by atoms with Gasteiger partial charge in [0.05, 0.1) is 4.90 Å². The number of carboxylic acid groups (broad SMARTS) is 1. The molecule has 10 heteroatoms. The van der Waals surface area contributed by atoms with Crippen LogP contribution >= 0.6 is 0 Å². The number of sulfonamides is 1. The largest absolute Gasteiger partial charge is 0.491 e. The number of ether oxygens (including phenoxy) is 1. The van der Waals surface area contributed by atoms with E-state index >= 15 is 0 Å². The molecule has 1 aromatic heterocycles. The number of aromatic nitrogens is 1. The topological polar surface area (TPSA) is 144 Å². The molecule has 3 aromatic carbocycles. The van der Waals surface area contributed by atoms with Crippen LogP contribution in [0.4, 0.5) is 0 Å². The SMILES string of the molecule is CC(Cc1ccc2c(c1)cc(C(=O)O)n2Cc1cccc(S(N)(=O)=O)c1)NCC(O)COc1ccccc1. The van der Waals surface area contributed by atoms with Crippen molar-refractivity contribution in [1.82, 2.24) is 9.88 Å². The van der Waals surface area contributed by atoms with Gasteiger partial charge in [-0.3, -0.25) is 0 Å². The number of hydrogen-bond acceptors (Lipinski definition) is 6.